The minimum atomic E-state index is -1.18. The van der Waals surface area contributed by atoms with Crippen molar-refractivity contribution in [1.82, 2.24) is 9.78 Å². The molecule has 0 aliphatic heterocycles. The van der Waals surface area contributed by atoms with Gasteiger partial charge in [0.15, 0.2) is 5.69 Å². The summed E-state index contributed by atoms with van der Waals surface area (Å²) in [5.74, 6) is -1.18. The molecule has 0 radical (unpaired) electrons. The van der Waals surface area contributed by atoms with E-state index in [1.807, 2.05) is 13.0 Å². The SMILES string of the molecule is Cc1cc(C#N)ccc1Cn1nc(C(=O)O)ccc1=O. The Kier molecular flexibility index (Phi) is 3.62. The van der Waals surface area contributed by atoms with Gasteiger partial charge in [-0.15, -0.1) is 0 Å². The molecule has 0 aliphatic rings. The van der Waals surface area contributed by atoms with Crippen LogP contribution in [0, 0.1) is 18.3 Å². The van der Waals surface area contributed by atoms with Crippen LogP contribution in [0.15, 0.2) is 35.1 Å². The van der Waals surface area contributed by atoms with E-state index >= 15 is 0 Å². The van der Waals surface area contributed by atoms with E-state index in [0.717, 1.165) is 15.8 Å². The van der Waals surface area contributed by atoms with Crippen molar-refractivity contribution < 1.29 is 9.90 Å². The monoisotopic (exact) mass is 269 g/mol. The highest BCUT2D eigenvalue weighted by Gasteiger charge is 2.09. The van der Waals surface area contributed by atoms with E-state index in [-0.39, 0.29) is 17.8 Å². The number of aromatic nitrogens is 2. The average Bonchev–Trinajstić information content (AvgIpc) is 2.42. The van der Waals surface area contributed by atoms with E-state index < -0.39 is 5.97 Å². The summed E-state index contributed by atoms with van der Waals surface area (Å²) >= 11 is 0. The zero-order chi connectivity index (χ0) is 14.7. The molecule has 0 aliphatic carbocycles. The molecular weight excluding hydrogens is 258 g/mol. The van der Waals surface area contributed by atoms with Crippen molar-refractivity contribution in [2.75, 3.05) is 0 Å². The number of aryl methyl sites for hydroxylation is 1. The van der Waals surface area contributed by atoms with Gasteiger partial charge in [0, 0.05) is 6.07 Å². The number of rotatable bonds is 3. The fourth-order valence-electron chi connectivity index (χ4n) is 1.78. The molecule has 1 aromatic heterocycles. The highest BCUT2D eigenvalue weighted by Crippen LogP contribution is 2.11. The first kappa shape index (κ1) is 13.5. The number of benzene rings is 1. The Morgan fingerprint density at radius 1 is 1.40 bits per heavy atom. The third-order valence-electron chi connectivity index (χ3n) is 2.88. The molecule has 0 unspecified atom stereocenters. The van der Waals surface area contributed by atoms with Crippen molar-refractivity contribution in [3.8, 4) is 6.07 Å². The number of aromatic carboxylic acids is 1. The third kappa shape index (κ3) is 2.72. The molecular formula is C14H11N3O3. The first-order valence-corrected chi connectivity index (χ1v) is 5.82. The minimum Gasteiger partial charge on any atom is -0.476 e. The summed E-state index contributed by atoms with van der Waals surface area (Å²) in [5, 5.41) is 21.5. The molecule has 2 rings (SSSR count). The lowest BCUT2D eigenvalue weighted by atomic mass is 10.1. The number of carbonyl (C=O) groups is 1. The molecule has 0 saturated carbocycles. The third-order valence-corrected chi connectivity index (χ3v) is 2.88. The first-order valence-electron chi connectivity index (χ1n) is 5.82. The molecule has 0 spiro atoms. The average molecular weight is 269 g/mol. The summed E-state index contributed by atoms with van der Waals surface area (Å²) in [7, 11) is 0. The van der Waals surface area contributed by atoms with Gasteiger partial charge in [-0.2, -0.15) is 10.4 Å². The molecule has 0 fully saturated rings. The molecule has 0 bridgehead atoms. The standard InChI is InChI=1S/C14H11N3O3/c1-9-6-10(7-15)2-3-11(9)8-17-13(18)5-4-12(16-17)14(19)20/h2-6H,8H2,1H3,(H,19,20). The molecule has 6 heteroatoms. The maximum Gasteiger partial charge on any atom is 0.356 e. The number of carboxylic acids is 1. The van der Waals surface area contributed by atoms with Gasteiger partial charge in [-0.05, 0) is 36.2 Å². The zero-order valence-electron chi connectivity index (χ0n) is 10.7. The van der Waals surface area contributed by atoms with E-state index in [4.69, 9.17) is 10.4 Å². The van der Waals surface area contributed by atoms with Crippen molar-refractivity contribution in [2.45, 2.75) is 13.5 Å². The fourth-order valence-corrected chi connectivity index (χ4v) is 1.78. The largest absolute Gasteiger partial charge is 0.476 e. The number of hydrogen-bond acceptors (Lipinski definition) is 4. The van der Waals surface area contributed by atoms with Gasteiger partial charge in [0.2, 0.25) is 0 Å². The fraction of sp³-hybridized carbons (Fsp3) is 0.143. The van der Waals surface area contributed by atoms with E-state index in [1.54, 1.807) is 18.2 Å². The summed E-state index contributed by atoms with van der Waals surface area (Å²) in [6.45, 7) is 1.99. The van der Waals surface area contributed by atoms with Gasteiger partial charge in [-0.3, -0.25) is 4.79 Å². The maximum absolute atomic E-state index is 11.7. The molecule has 1 N–H and O–H groups in total. The maximum atomic E-state index is 11.7. The Morgan fingerprint density at radius 3 is 2.75 bits per heavy atom. The zero-order valence-corrected chi connectivity index (χ0v) is 10.7. The Hall–Kier alpha value is -2.94. The Balaban J connectivity index is 2.40. The van der Waals surface area contributed by atoms with Crippen molar-refractivity contribution in [3.63, 3.8) is 0 Å². The molecule has 0 amide bonds. The summed E-state index contributed by atoms with van der Waals surface area (Å²) in [4.78, 5) is 22.5. The molecule has 6 nitrogen and oxygen atoms in total. The quantitative estimate of drug-likeness (QED) is 0.902. The lowest BCUT2D eigenvalue weighted by molar-refractivity contribution is 0.0687. The highest BCUT2D eigenvalue weighted by atomic mass is 16.4. The molecule has 0 saturated heterocycles. The van der Waals surface area contributed by atoms with Crippen LogP contribution in [0.2, 0.25) is 0 Å². The van der Waals surface area contributed by atoms with Crippen LogP contribution in [-0.4, -0.2) is 20.9 Å². The smallest absolute Gasteiger partial charge is 0.356 e. The molecule has 2 aromatic rings. The van der Waals surface area contributed by atoms with Crippen LogP contribution >= 0.6 is 0 Å². The van der Waals surface area contributed by atoms with E-state index in [9.17, 15) is 9.59 Å². The second kappa shape index (κ2) is 5.36. The predicted octanol–water partition coefficient (Wildman–Crippen LogP) is 1.17. The van der Waals surface area contributed by atoms with Gasteiger partial charge in [0.05, 0.1) is 18.2 Å². The summed E-state index contributed by atoms with van der Waals surface area (Å²) in [5.41, 5.74) is 1.63. The number of hydrogen-bond donors (Lipinski definition) is 1. The molecule has 1 aromatic carbocycles. The van der Waals surface area contributed by atoms with Crippen molar-refractivity contribution >= 4 is 5.97 Å². The van der Waals surface area contributed by atoms with Crippen LogP contribution < -0.4 is 5.56 Å². The van der Waals surface area contributed by atoms with Gasteiger partial charge in [0.1, 0.15) is 0 Å². The van der Waals surface area contributed by atoms with E-state index in [0.29, 0.717) is 5.56 Å². The van der Waals surface area contributed by atoms with Gasteiger partial charge < -0.3 is 5.11 Å². The number of nitrogens with zero attached hydrogens (tertiary/aromatic N) is 3. The van der Waals surface area contributed by atoms with Crippen molar-refractivity contribution in [1.29, 1.82) is 5.26 Å². The van der Waals surface area contributed by atoms with Gasteiger partial charge in [-0.1, -0.05) is 6.07 Å². The van der Waals surface area contributed by atoms with Gasteiger partial charge in [-0.25, -0.2) is 9.48 Å². The molecule has 1 heterocycles. The van der Waals surface area contributed by atoms with Crippen LogP contribution in [-0.2, 0) is 6.54 Å². The van der Waals surface area contributed by atoms with Crippen molar-refractivity contribution in [2.24, 2.45) is 0 Å². The highest BCUT2D eigenvalue weighted by molar-refractivity contribution is 5.84. The number of nitriles is 1. The molecule has 100 valence electrons. The minimum absolute atomic E-state index is 0.164. The predicted molar refractivity (Wildman–Crippen MR) is 70.5 cm³/mol. The van der Waals surface area contributed by atoms with Crippen LogP contribution in [0.1, 0.15) is 27.2 Å². The van der Waals surface area contributed by atoms with Crippen LogP contribution in [0.25, 0.3) is 0 Å². The lowest BCUT2D eigenvalue weighted by Crippen LogP contribution is -2.25. The van der Waals surface area contributed by atoms with Crippen LogP contribution in [0.5, 0.6) is 0 Å². The van der Waals surface area contributed by atoms with Gasteiger partial charge >= 0.3 is 5.97 Å². The summed E-state index contributed by atoms with van der Waals surface area (Å²) in [6, 6.07) is 9.47. The van der Waals surface area contributed by atoms with Crippen molar-refractivity contribution in [3.05, 3.63) is 63.1 Å². The Morgan fingerprint density at radius 2 is 2.15 bits per heavy atom. The summed E-state index contributed by atoms with van der Waals surface area (Å²) < 4.78 is 1.10. The second-order valence-corrected chi connectivity index (χ2v) is 4.27. The van der Waals surface area contributed by atoms with Gasteiger partial charge in [0.25, 0.3) is 5.56 Å². The van der Waals surface area contributed by atoms with Crippen LogP contribution in [0.3, 0.4) is 0 Å². The first-order chi connectivity index (χ1) is 9.51. The van der Waals surface area contributed by atoms with E-state index in [1.165, 1.54) is 12.1 Å². The molecule has 20 heavy (non-hydrogen) atoms. The second-order valence-electron chi connectivity index (χ2n) is 4.27. The normalized spacial score (nSPS) is 10.0. The lowest BCUT2D eigenvalue weighted by Gasteiger charge is -2.08. The summed E-state index contributed by atoms with van der Waals surface area (Å²) in [6.07, 6.45) is 0. The Bertz CT molecular complexity index is 772. The Labute approximate surface area is 114 Å². The topological polar surface area (TPSA) is 96.0 Å². The molecule has 0 atom stereocenters. The van der Waals surface area contributed by atoms with E-state index in [2.05, 4.69) is 5.10 Å². The van der Waals surface area contributed by atoms with Crippen LogP contribution in [0.4, 0.5) is 0 Å². The number of carboxylic acid groups (broad SMARTS) is 1.